The summed E-state index contributed by atoms with van der Waals surface area (Å²) >= 11 is 1.47. The van der Waals surface area contributed by atoms with Crippen LogP contribution in [0.25, 0.3) is 10.2 Å². The number of unbranched alkanes of at least 4 members (excludes halogenated alkanes) is 2. The van der Waals surface area contributed by atoms with Gasteiger partial charge in [-0.05, 0) is 62.1 Å². The van der Waals surface area contributed by atoms with Gasteiger partial charge in [0.1, 0.15) is 0 Å². The highest BCUT2D eigenvalue weighted by molar-refractivity contribution is 7.89. The predicted octanol–water partition coefficient (Wildman–Crippen LogP) is 5.71. The van der Waals surface area contributed by atoms with Crippen LogP contribution in [0.4, 0.5) is 5.13 Å². The lowest BCUT2D eigenvalue weighted by Gasteiger charge is -2.24. The average molecular weight is 530 g/mol. The second-order valence-electron chi connectivity index (χ2n) is 9.15. The van der Waals surface area contributed by atoms with Crippen molar-refractivity contribution in [2.75, 3.05) is 31.1 Å². The Morgan fingerprint density at radius 3 is 2.36 bits per heavy atom. The zero-order valence-electron chi connectivity index (χ0n) is 21.1. The van der Waals surface area contributed by atoms with E-state index in [1.54, 1.807) is 33.5 Å². The summed E-state index contributed by atoms with van der Waals surface area (Å²) in [7, 11) is -3.62. The lowest BCUT2D eigenvalue weighted by atomic mass is 10.2. The molecular formula is C27H35N3O4S2. The molecule has 0 N–H and O–H groups in total. The number of fused-ring (bicyclic) bond motifs is 1. The first-order valence-corrected chi connectivity index (χ1v) is 15.1. The average Bonchev–Trinajstić information content (AvgIpc) is 3.56. The molecule has 7 nitrogen and oxygen atoms in total. The van der Waals surface area contributed by atoms with Crippen LogP contribution in [0.1, 0.15) is 62.7 Å². The number of ether oxygens (including phenoxy) is 1. The molecule has 1 fully saturated rings. The normalized spacial score (nSPS) is 16.1. The SMILES string of the molecule is CCCCN(CCCC)S(=O)(=O)c1ccc(C(=O)N(CC2CCCO2)c2nc3ccccc3s2)cc1. The van der Waals surface area contributed by atoms with Gasteiger partial charge < -0.3 is 4.74 Å². The van der Waals surface area contributed by atoms with Crippen LogP contribution in [0.3, 0.4) is 0 Å². The number of carbonyl (C=O) groups is 1. The number of nitrogens with zero attached hydrogens (tertiary/aromatic N) is 3. The number of rotatable bonds is 12. The van der Waals surface area contributed by atoms with Crippen LogP contribution in [0.2, 0.25) is 0 Å². The van der Waals surface area contributed by atoms with Gasteiger partial charge in [-0.2, -0.15) is 4.31 Å². The van der Waals surface area contributed by atoms with Gasteiger partial charge in [0.25, 0.3) is 5.91 Å². The van der Waals surface area contributed by atoms with E-state index in [1.807, 2.05) is 24.3 Å². The topological polar surface area (TPSA) is 79.8 Å². The van der Waals surface area contributed by atoms with Crippen LogP contribution in [-0.4, -0.2) is 56.0 Å². The van der Waals surface area contributed by atoms with Gasteiger partial charge in [0.15, 0.2) is 5.13 Å². The number of carbonyl (C=O) groups excluding carboxylic acids is 1. The van der Waals surface area contributed by atoms with Crippen LogP contribution in [0.5, 0.6) is 0 Å². The fourth-order valence-corrected chi connectivity index (χ4v) is 6.80. The number of sulfonamides is 1. The molecule has 36 heavy (non-hydrogen) atoms. The zero-order chi connectivity index (χ0) is 25.5. The molecule has 2 heterocycles. The fourth-order valence-electron chi connectivity index (χ4n) is 4.31. The molecule has 1 aliphatic rings. The Bertz CT molecular complexity index is 1210. The van der Waals surface area contributed by atoms with Crippen molar-refractivity contribution < 1.29 is 17.9 Å². The summed E-state index contributed by atoms with van der Waals surface area (Å²) in [6.07, 6.45) is 5.34. The van der Waals surface area contributed by atoms with E-state index in [2.05, 4.69) is 13.8 Å². The lowest BCUT2D eigenvalue weighted by molar-refractivity contribution is 0.0917. The molecule has 1 amide bonds. The molecule has 1 aliphatic heterocycles. The molecule has 0 radical (unpaired) electrons. The van der Waals surface area contributed by atoms with Gasteiger partial charge in [-0.25, -0.2) is 13.4 Å². The van der Waals surface area contributed by atoms with Gasteiger partial charge in [0, 0.05) is 25.3 Å². The molecule has 194 valence electrons. The van der Waals surface area contributed by atoms with E-state index in [0.29, 0.717) is 36.9 Å². The maximum atomic E-state index is 13.7. The molecular weight excluding hydrogens is 494 g/mol. The Morgan fingerprint density at radius 2 is 1.75 bits per heavy atom. The van der Waals surface area contributed by atoms with Gasteiger partial charge in [0.2, 0.25) is 10.0 Å². The number of benzene rings is 2. The van der Waals surface area contributed by atoms with Crippen molar-refractivity contribution >= 4 is 42.6 Å². The minimum absolute atomic E-state index is 0.0358. The Labute approximate surface area is 218 Å². The number of para-hydroxylation sites is 1. The number of hydrogen-bond donors (Lipinski definition) is 0. The third-order valence-electron chi connectivity index (χ3n) is 6.43. The zero-order valence-corrected chi connectivity index (χ0v) is 22.7. The third kappa shape index (κ3) is 6.14. The van der Waals surface area contributed by atoms with Crippen molar-refractivity contribution in [1.29, 1.82) is 0 Å². The van der Waals surface area contributed by atoms with Gasteiger partial charge >= 0.3 is 0 Å². The number of aromatic nitrogens is 1. The van der Waals surface area contributed by atoms with Gasteiger partial charge in [0.05, 0.1) is 27.8 Å². The van der Waals surface area contributed by atoms with Crippen molar-refractivity contribution in [1.82, 2.24) is 9.29 Å². The number of amides is 1. The molecule has 0 bridgehead atoms. The maximum absolute atomic E-state index is 13.7. The lowest BCUT2D eigenvalue weighted by Crippen LogP contribution is -2.37. The highest BCUT2D eigenvalue weighted by Gasteiger charge is 2.28. The van der Waals surface area contributed by atoms with Crippen LogP contribution in [0, 0.1) is 0 Å². The number of thiazole rings is 1. The largest absolute Gasteiger partial charge is 0.376 e. The van der Waals surface area contributed by atoms with Crippen LogP contribution < -0.4 is 4.90 Å². The van der Waals surface area contributed by atoms with Crippen molar-refractivity contribution in [2.45, 2.75) is 63.4 Å². The molecule has 1 atom stereocenters. The summed E-state index contributed by atoms with van der Waals surface area (Å²) in [6.45, 7) is 6.24. The summed E-state index contributed by atoms with van der Waals surface area (Å²) < 4.78 is 35.0. The van der Waals surface area contributed by atoms with E-state index < -0.39 is 10.0 Å². The predicted molar refractivity (Wildman–Crippen MR) is 145 cm³/mol. The number of anilines is 1. The Balaban J connectivity index is 1.59. The molecule has 1 aromatic heterocycles. The summed E-state index contributed by atoms with van der Waals surface area (Å²) in [5.41, 5.74) is 1.28. The molecule has 1 unspecified atom stereocenters. The maximum Gasteiger partial charge on any atom is 0.260 e. The minimum atomic E-state index is -3.62. The molecule has 2 aromatic carbocycles. The molecule has 4 rings (SSSR count). The molecule has 0 aliphatic carbocycles. The summed E-state index contributed by atoms with van der Waals surface area (Å²) in [5.74, 6) is -0.206. The van der Waals surface area contributed by atoms with E-state index in [4.69, 9.17) is 9.72 Å². The van der Waals surface area contributed by atoms with Crippen molar-refractivity contribution in [3.8, 4) is 0 Å². The summed E-state index contributed by atoms with van der Waals surface area (Å²) in [4.78, 5) is 20.3. The van der Waals surface area contributed by atoms with Crippen LogP contribution in [0.15, 0.2) is 53.4 Å². The molecule has 0 saturated carbocycles. The fraction of sp³-hybridized carbons (Fsp3) is 0.481. The van der Waals surface area contributed by atoms with Crippen LogP contribution in [-0.2, 0) is 14.8 Å². The molecule has 9 heteroatoms. The first kappa shape index (κ1) is 26.7. The van der Waals surface area contributed by atoms with E-state index in [9.17, 15) is 13.2 Å². The third-order valence-corrected chi connectivity index (χ3v) is 9.40. The van der Waals surface area contributed by atoms with E-state index in [1.165, 1.54) is 11.3 Å². The summed E-state index contributed by atoms with van der Waals surface area (Å²) in [5, 5.41) is 0.624. The second kappa shape index (κ2) is 12.3. The standard InChI is InChI=1S/C27H35N3O4S2/c1-3-5-17-29(18-6-4-2)36(32,33)23-15-13-21(14-16-23)26(31)30(20-22-10-9-19-34-22)27-28-24-11-7-8-12-25(24)35-27/h7-8,11-16,22H,3-6,9-10,17-20H2,1-2H3. The number of hydrogen-bond acceptors (Lipinski definition) is 6. The van der Waals surface area contributed by atoms with Crippen molar-refractivity contribution in [3.05, 3.63) is 54.1 Å². The minimum Gasteiger partial charge on any atom is -0.376 e. The molecule has 3 aromatic rings. The highest BCUT2D eigenvalue weighted by atomic mass is 32.2. The van der Waals surface area contributed by atoms with E-state index in [0.717, 1.165) is 48.7 Å². The van der Waals surface area contributed by atoms with Gasteiger partial charge in [-0.1, -0.05) is 50.2 Å². The first-order valence-electron chi connectivity index (χ1n) is 12.8. The Hall–Kier alpha value is -2.33. The Morgan fingerprint density at radius 1 is 1.06 bits per heavy atom. The smallest absolute Gasteiger partial charge is 0.260 e. The first-order chi connectivity index (χ1) is 17.4. The van der Waals surface area contributed by atoms with Crippen LogP contribution >= 0.6 is 11.3 Å². The van der Waals surface area contributed by atoms with E-state index in [-0.39, 0.29) is 16.9 Å². The van der Waals surface area contributed by atoms with Crippen molar-refractivity contribution in [3.63, 3.8) is 0 Å². The molecule has 1 saturated heterocycles. The quantitative estimate of drug-likeness (QED) is 0.300. The Kier molecular flexibility index (Phi) is 9.11. The van der Waals surface area contributed by atoms with Crippen molar-refractivity contribution in [2.24, 2.45) is 0 Å². The summed E-state index contributed by atoms with van der Waals surface area (Å²) in [6, 6.07) is 14.2. The molecule has 0 spiro atoms. The monoisotopic (exact) mass is 529 g/mol. The van der Waals surface area contributed by atoms with E-state index >= 15 is 0 Å². The highest BCUT2D eigenvalue weighted by Crippen LogP contribution is 2.31. The van der Waals surface area contributed by atoms with Gasteiger partial charge in [-0.15, -0.1) is 0 Å². The second-order valence-corrected chi connectivity index (χ2v) is 12.1. The van der Waals surface area contributed by atoms with Gasteiger partial charge in [-0.3, -0.25) is 9.69 Å².